The Hall–Kier alpha value is -3.42. The van der Waals surface area contributed by atoms with Gasteiger partial charge in [0, 0.05) is 17.8 Å². The number of aryl methyl sites for hydroxylation is 1. The summed E-state index contributed by atoms with van der Waals surface area (Å²) in [5, 5.41) is 2.62. The molecular formula is C17H12F2N4O2. The fourth-order valence-corrected chi connectivity index (χ4v) is 1.96. The summed E-state index contributed by atoms with van der Waals surface area (Å²) in [5.41, 5.74) is 1.30. The summed E-state index contributed by atoms with van der Waals surface area (Å²) < 4.78 is 31.6. The molecule has 0 unspecified atom stereocenters. The number of ether oxygens (including phenoxy) is 1. The third-order valence-electron chi connectivity index (χ3n) is 3.14. The van der Waals surface area contributed by atoms with E-state index >= 15 is 0 Å². The number of pyridine rings is 1. The molecule has 0 saturated heterocycles. The summed E-state index contributed by atoms with van der Waals surface area (Å²) in [6, 6.07) is 7.50. The van der Waals surface area contributed by atoms with Crippen molar-refractivity contribution in [3.05, 3.63) is 71.9 Å². The molecular weight excluding hydrogens is 330 g/mol. The molecule has 1 aromatic carbocycles. The van der Waals surface area contributed by atoms with E-state index in [0.717, 1.165) is 6.07 Å². The van der Waals surface area contributed by atoms with Crippen molar-refractivity contribution in [3.8, 4) is 11.6 Å². The van der Waals surface area contributed by atoms with Crippen LogP contribution in [0.3, 0.4) is 0 Å². The van der Waals surface area contributed by atoms with Crippen LogP contribution >= 0.6 is 0 Å². The van der Waals surface area contributed by atoms with Crippen LogP contribution in [0, 0.1) is 18.6 Å². The summed E-state index contributed by atoms with van der Waals surface area (Å²) in [6.45, 7) is 1.75. The molecule has 1 N–H and O–H groups in total. The fourth-order valence-electron chi connectivity index (χ4n) is 1.96. The Morgan fingerprint density at radius 3 is 2.60 bits per heavy atom. The van der Waals surface area contributed by atoms with Crippen molar-refractivity contribution < 1.29 is 18.3 Å². The Balaban J connectivity index is 1.69. The standard InChI is InChI=1S/C17H12F2N4O2/c1-10-6-14(22-9-21-10)17(24)23-12-3-5-16(20-8-12)25-15-4-2-11(18)7-13(15)19/h2-9H,1H3,(H,23,24). The van der Waals surface area contributed by atoms with Gasteiger partial charge in [-0.25, -0.2) is 23.7 Å². The van der Waals surface area contributed by atoms with Gasteiger partial charge in [-0.3, -0.25) is 4.79 Å². The van der Waals surface area contributed by atoms with Gasteiger partial charge >= 0.3 is 0 Å². The largest absolute Gasteiger partial charge is 0.436 e. The second-order valence-corrected chi connectivity index (χ2v) is 5.06. The van der Waals surface area contributed by atoms with Crippen molar-refractivity contribution in [2.45, 2.75) is 6.92 Å². The molecule has 126 valence electrons. The maximum atomic E-state index is 13.5. The van der Waals surface area contributed by atoms with E-state index in [4.69, 9.17) is 4.74 Å². The van der Waals surface area contributed by atoms with Crippen molar-refractivity contribution >= 4 is 11.6 Å². The van der Waals surface area contributed by atoms with Crippen LogP contribution in [0.5, 0.6) is 11.6 Å². The average Bonchev–Trinajstić information content (AvgIpc) is 2.59. The van der Waals surface area contributed by atoms with Gasteiger partial charge in [-0.1, -0.05) is 0 Å². The molecule has 2 heterocycles. The van der Waals surface area contributed by atoms with Gasteiger partial charge in [0.15, 0.2) is 11.6 Å². The topological polar surface area (TPSA) is 77.0 Å². The smallest absolute Gasteiger partial charge is 0.274 e. The van der Waals surface area contributed by atoms with Crippen molar-refractivity contribution in [1.82, 2.24) is 15.0 Å². The number of aromatic nitrogens is 3. The van der Waals surface area contributed by atoms with Crippen LogP contribution in [0.2, 0.25) is 0 Å². The first-order valence-corrected chi connectivity index (χ1v) is 7.20. The molecule has 1 amide bonds. The summed E-state index contributed by atoms with van der Waals surface area (Å²) in [6.07, 6.45) is 2.65. The Morgan fingerprint density at radius 1 is 1.08 bits per heavy atom. The number of hydrogen-bond acceptors (Lipinski definition) is 5. The zero-order chi connectivity index (χ0) is 17.8. The van der Waals surface area contributed by atoms with Crippen molar-refractivity contribution in [3.63, 3.8) is 0 Å². The minimum absolute atomic E-state index is 0.0985. The maximum absolute atomic E-state index is 13.5. The lowest BCUT2D eigenvalue weighted by Crippen LogP contribution is -2.14. The molecule has 2 aromatic heterocycles. The Kier molecular flexibility index (Phi) is 4.60. The molecule has 0 saturated carbocycles. The van der Waals surface area contributed by atoms with Crippen molar-refractivity contribution in [2.75, 3.05) is 5.32 Å². The maximum Gasteiger partial charge on any atom is 0.274 e. The number of anilines is 1. The molecule has 6 nitrogen and oxygen atoms in total. The molecule has 25 heavy (non-hydrogen) atoms. The SMILES string of the molecule is Cc1cc(C(=O)Nc2ccc(Oc3ccc(F)cc3F)nc2)ncn1. The second-order valence-electron chi connectivity index (χ2n) is 5.06. The van der Waals surface area contributed by atoms with Gasteiger partial charge in [0.1, 0.15) is 17.8 Å². The van der Waals surface area contributed by atoms with E-state index in [9.17, 15) is 13.6 Å². The number of rotatable bonds is 4. The molecule has 0 radical (unpaired) electrons. The number of nitrogens with one attached hydrogen (secondary N) is 1. The number of carbonyl (C=O) groups excluding carboxylic acids is 1. The quantitative estimate of drug-likeness (QED) is 0.785. The molecule has 0 bridgehead atoms. The Bertz CT molecular complexity index is 917. The molecule has 8 heteroatoms. The number of halogens is 2. The van der Waals surface area contributed by atoms with Crippen molar-refractivity contribution in [2.24, 2.45) is 0 Å². The van der Waals surface area contributed by atoms with Crippen LogP contribution in [0.1, 0.15) is 16.2 Å². The summed E-state index contributed by atoms with van der Waals surface area (Å²) in [7, 11) is 0. The van der Waals surface area contributed by atoms with Crippen LogP contribution in [0.4, 0.5) is 14.5 Å². The molecule has 3 rings (SSSR count). The third kappa shape index (κ3) is 4.11. The molecule has 0 spiro atoms. The minimum Gasteiger partial charge on any atom is -0.436 e. The van der Waals surface area contributed by atoms with Crippen LogP contribution in [0.25, 0.3) is 0 Å². The zero-order valence-corrected chi connectivity index (χ0v) is 13.0. The van der Waals surface area contributed by atoms with Gasteiger partial charge in [-0.2, -0.15) is 0 Å². The normalized spacial score (nSPS) is 10.4. The first-order chi connectivity index (χ1) is 12.0. The molecule has 3 aromatic rings. The lowest BCUT2D eigenvalue weighted by atomic mass is 10.3. The Morgan fingerprint density at radius 2 is 1.92 bits per heavy atom. The van der Waals surface area contributed by atoms with Gasteiger partial charge in [0.2, 0.25) is 5.88 Å². The number of carbonyl (C=O) groups is 1. The zero-order valence-electron chi connectivity index (χ0n) is 13.0. The highest BCUT2D eigenvalue weighted by molar-refractivity contribution is 6.02. The molecule has 0 aliphatic rings. The average molecular weight is 342 g/mol. The van der Waals surface area contributed by atoms with Crippen molar-refractivity contribution in [1.29, 1.82) is 0 Å². The van der Waals surface area contributed by atoms with Gasteiger partial charge in [0.05, 0.1) is 11.9 Å². The van der Waals surface area contributed by atoms with E-state index in [0.29, 0.717) is 17.4 Å². The van der Waals surface area contributed by atoms with E-state index in [-0.39, 0.29) is 17.3 Å². The van der Waals surface area contributed by atoms with E-state index in [2.05, 4.69) is 20.3 Å². The fraction of sp³-hybridized carbons (Fsp3) is 0.0588. The summed E-state index contributed by atoms with van der Waals surface area (Å²) >= 11 is 0. The highest BCUT2D eigenvalue weighted by Gasteiger charge is 2.10. The summed E-state index contributed by atoms with van der Waals surface area (Å²) in [4.78, 5) is 23.8. The lowest BCUT2D eigenvalue weighted by Gasteiger charge is -2.08. The van der Waals surface area contributed by atoms with E-state index < -0.39 is 17.5 Å². The molecule has 0 atom stereocenters. The van der Waals surface area contributed by atoms with Gasteiger partial charge in [-0.05, 0) is 31.2 Å². The van der Waals surface area contributed by atoms with Gasteiger partial charge < -0.3 is 10.1 Å². The van der Waals surface area contributed by atoms with E-state index in [1.807, 2.05) is 0 Å². The second kappa shape index (κ2) is 7.00. The lowest BCUT2D eigenvalue weighted by molar-refractivity contribution is 0.102. The predicted octanol–water partition coefficient (Wildman–Crippen LogP) is 3.50. The number of benzene rings is 1. The highest BCUT2D eigenvalue weighted by Crippen LogP contribution is 2.24. The number of amides is 1. The summed E-state index contributed by atoms with van der Waals surface area (Å²) in [5.74, 6) is -2.00. The van der Waals surface area contributed by atoms with E-state index in [1.165, 1.54) is 30.7 Å². The number of hydrogen-bond donors (Lipinski definition) is 1. The van der Waals surface area contributed by atoms with Crippen LogP contribution in [0.15, 0.2) is 48.9 Å². The monoisotopic (exact) mass is 342 g/mol. The highest BCUT2D eigenvalue weighted by atomic mass is 19.1. The first-order valence-electron chi connectivity index (χ1n) is 7.20. The van der Waals surface area contributed by atoms with Crippen LogP contribution < -0.4 is 10.1 Å². The van der Waals surface area contributed by atoms with E-state index in [1.54, 1.807) is 13.0 Å². The van der Waals surface area contributed by atoms with Gasteiger partial charge in [0.25, 0.3) is 5.91 Å². The number of nitrogens with zero attached hydrogens (tertiary/aromatic N) is 3. The molecule has 0 aliphatic heterocycles. The molecule has 0 fully saturated rings. The predicted molar refractivity (Wildman–Crippen MR) is 85.4 cm³/mol. The van der Waals surface area contributed by atoms with Crippen LogP contribution in [-0.4, -0.2) is 20.9 Å². The first kappa shape index (κ1) is 16.4. The minimum atomic E-state index is -0.835. The Labute approximate surface area is 141 Å². The molecule has 0 aliphatic carbocycles. The van der Waals surface area contributed by atoms with Crippen LogP contribution in [-0.2, 0) is 0 Å². The third-order valence-corrected chi connectivity index (χ3v) is 3.14. The van der Waals surface area contributed by atoms with Gasteiger partial charge in [-0.15, -0.1) is 0 Å².